The second kappa shape index (κ2) is 33.6. The van der Waals surface area contributed by atoms with Crippen LogP contribution in [-0.4, -0.2) is 160 Å². The fourth-order valence-electron chi connectivity index (χ4n) is 9.59. The summed E-state index contributed by atoms with van der Waals surface area (Å²) in [6.07, 6.45) is 3.97. The third-order valence-corrected chi connectivity index (χ3v) is 20.4. The van der Waals surface area contributed by atoms with E-state index in [2.05, 4.69) is 61.3 Å². The molecule has 5 unspecified atom stereocenters. The summed E-state index contributed by atoms with van der Waals surface area (Å²) < 4.78 is 88.7. The summed E-state index contributed by atoms with van der Waals surface area (Å²) in [5.41, 5.74) is 5.10. The van der Waals surface area contributed by atoms with Gasteiger partial charge in [0, 0.05) is 72.5 Å². The zero-order valence-electron chi connectivity index (χ0n) is 49.9. The molecule has 88 heavy (non-hydrogen) atoms. The molecule has 0 saturated carbocycles. The second-order valence-electron chi connectivity index (χ2n) is 21.2. The Morgan fingerprint density at radius 2 is 1.53 bits per heavy atom. The highest BCUT2D eigenvalue weighted by atomic mass is 33.1. The lowest BCUT2D eigenvalue weighted by molar-refractivity contribution is -0.122. The maximum atomic E-state index is 13.0. The number of ether oxygens (including phenoxy) is 7. The zero-order chi connectivity index (χ0) is 64.4. The van der Waals surface area contributed by atoms with E-state index in [9.17, 15) is 52.6 Å². The molecule has 1 fully saturated rings. The van der Waals surface area contributed by atoms with Crippen molar-refractivity contribution in [2.45, 2.75) is 110 Å². The summed E-state index contributed by atoms with van der Waals surface area (Å²) >= 11 is 0. The van der Waals surface area contributed by atoms with E-state index in [4.69, 9.17) is 47.5 Å². The van der Waals surface area contributed by atoms with Crippen LogP contribution >= 0.6 is 45.1 Å². The van der Waals surface area contributed by atoms with E-state index in [0.717, 1.165) is 45.6 Å². The van der Waals surface area contributed by atoms with Crippen molar-refractivity contribution in [3.8, 4) is 5.75 Å². The third kappa shape index (κ3) is 22.6. The van der Waals surface area contributed by atoms with Crippen molar-refractivity contribution in [2.24, 2.45) is 10.9 Å². The van der Waals surface area contributed by atoms with Crippen molar-refractivity contribution in [3.63, 3.8) is 0 Å². The van der Waals surface area contributed by atoms with Crippen LogP contribution in [0.5, 0.6) is 5.75 Å². The minimum Gasteiger partial charge on any atom is -0.478 e. The van der Waals surface area contributed by atoms with E-state index >= 15 is 0 Å². The van der Waals surface area contributed by atoms with Crippen molar-refractivity contribution in [2.75, 3.05) is 85.0 Å². The molecule has 1 saturated heterocycles. The first kappa shape index (κ1) is 72.4. The highest BCUT2D eigenvalue weighted by molar-refractivity contribution is 8.77. The number of nitrogens with one attached hydrogen (secondary N) is 3. The standard InChI is InChI=1S/C55H78N5O23P3S2/c1-8-10-38-27-44-41(23-34(38)3)51(42-24-35(4)43(56-9-2)28-45(42)80-44)39-12-11-37(25-40(39)53(64)65)26-49(62)57-14-16-75-18-20-77-22-21-76-19-17-74-15-13-48(61)58-32-55(6,7)88-87-33-78-46-29-50(60-30-36(5)52(63)59-54(60)66)81-47(46)31-79-85(70,71)83-86(72,73)82-84(67,68)69/h11-12,23-25,27-28,30,42,46-47,50-51H,8-10,13-22,26,29,31-33H2,1-7H3,(H,57,62)(H,58,61)(H,64,65)(H,70,71)(H,72,73)(H,59,63,66)(H2,67,68,69)/t42?,46?,47-,50-,51?/m1/s1. The Labute approximate surface area is 516 Å². The molecule has 28 nitrogen and oxygen atoms in total. The Bertz CT molecular complexity index is 3300. The van der Waals surface area contributed by atoms with Gasteiger partial charge in [0.15, 0.2) is 0 Å². The Hall–Kier alpha value is -4.65. The number of hydrogen-bond acceptors (Lipinski definition) is 21. The third-order valence-electron chi connectivity index (χ3n) is 13.7. The van der Waals surface area contributed by atoms with E-state index in [1.165, 1.54) is 40.3 Å². The molecule has 7 atom stereocenters. The van der Waals surface area contributed by atoms with Crippen LogP contribution < -0.4 is 26.6 Å². The summed E-state index contributed by atoms with van der Waals surface area (Å²) in [5, 5.41) is 16.3. The molecule has 0 bridgehead atoms. The fourth-order valence-corrected chi connectivity index (χ4v) is 14.8. The first-order valence-corrected chi connectivity index (χ1v) is 35.1. The number of phosphoric acid groups is 3. The van der Waals surface area contributed by atoms with Crippen LogP contribution in [0.2, 0.25) is 0 Å². The Morgan fingerprint density at radius 1 is 0.852 bits per heavy atom. The predicted molar refractivity (Wildman–Crippen MR) is 325 cm³/mol. The molecule has 2 aromatic carbocycles. The number of aromatic amines is 1. The summed E-state index contributed by atoms with van der Waals surface area (Å²) in [6.45, 7) is 15.8. The van der Waals surface area contributed by atoms with Gasteiger partial charge in [0.25, 0.3) is 5.56 Å². The molecule has 1 aromatic heterocycles. The minimum absolute atomic E-state index is 0.0162. The van der Waals surface area contributed by atoms with Gasteiger partial charge in [-0.3, -0.25) is 33.5 Å². The number of aryl methyl sites for hydroxylation is 3. The summed E-state index contributed by atoms with van der Waals surface area (Å²) in [4.78, 5) is 107. The van der Waals surface area contributed by atoms with E-state index < -0.39 is 70.5 Å². The van der Waals surface area contributed by atoms with E-state index in [-0.39, 0.29) is 106 Å². The number of phosphoric ester groups is 1. The van der Waals surface area contributed by atoms with Gasteiger partial charge in [-0.1, -0.05) is 59.2 Å². The van der Waals surface area contributed by atoms with Crippen LogP contribution in [0.1, 0.15) is 110 Å². The first-order valence-electron chi connectivity index (χ1n) is 28.2. The quantitative estimate of drug-likeness (QED) is 0.0135. The number of nitrogens with zero attached hydrogens (tertiary/aromatic N) is 2. The van der Waals surface area contributed by atoms with E-state index in [1.54, 1.807) is 6.07 Å². The number of carbonyl (C=O) groups is 3. The average Bonchev–Trinajstić information content (AvgIpc) is 1.02. The van der Waals surface area contributed by atoms with Crippen molar-refractivity contribution >= 4 is 68.6 Å². The fraction of sp³-hybridized carbons (Fsp3) is 0.564. The number of allylic oxidation sites excluding steroid dienone is 3. The number of carboxylic acids is 1. The number of fused-ring (bicyclic) bond motifs is 2. The highest BCUT2D eigenvalue weighted by Gasteiger charge is 2.44. The Balaban J connectivity index is 0.812. The van der Waals surface area contributed by atoms with Gasteiger partial charge in [-0.25, -0.2) is 23.3 Å². The van der Waals surface area contributed by atoms with Crippen LogP contribution in [0, 0.1) is 19.8 Å². The number of aliphatic imine (C=N–C) groups is 1. The maximum Gasteiger partial charge on any atom is 0.490 e. The van der Waals surface area contributed by atoms with Crippen LogP contribution in [0.3, 0.4) is 0 Å². The van der Waals surface area contributed by atoms with Gasteiger partial charge in [-0.05, 0) is 87.9 Å². The summed E-state index contributed by atoms with van der Waals surface area (Å²) in [6, 6.07) is 9.44. The smallest absolute Gasteiger partial charge is 0.478 e. The van der Waals surface area contributed by atoms with Gasteiger partial charge in [0.05, 0.1) is 83.3 Å². The Kier molecular flexibility index (Phi) is 27.7. The largest absolute Gasteiger partial charge is 0.490 e. The van der Waals surface area contributed by atoms with Gasteiger partial charge >= 0.3 is 35.1 Å². The number of amides is 2. The number of carbonyl (C=O) groups excluding carboxylic acids is 2. The van der Waals surface area contributed by atoms with Crippen LogP contribution in [0.4, 0.5) is 0 Å². The zero-order valence-corrected chi connectivity index (χ0v) is 54.2. The minimum atomic E-state index is -5.80. The molecule has 2 amide bonds. The molecular weight excluding hydrogens is 1260 g/mol. The molecule has 1 aliphatic carbocycles. The van der Waals surface area contributed by atoms with Crippen molar-refractivity contribution in [1.82, 2.24) is 20.2 Å². The van der Waals surface area contributed by atoms with Crippen molar-refractivity contribution in [3.05, 3.63) is 120 Å². The van der Waals surface area contributed by atoms with Gasteiger partial charge in [-0.15, -0.1) is 0 Å². The van der Waals surface area contributed by atoms with Crippen molar-refractivity contribution in [1.29, 1.82) is 0 Å². The monoisotopic (exact) mass is 1330 g/mol. The number of aromatic nitrogens is 2. The Morgan fingerprint density at radius 3 is 2.19 bits per heavy atom. The molecule has 3 aromatic rings. The molecule has 33 heteroatoms. The van der Waals surface area contributed by atoms with Crippen LogP contribution in [0.15, 0.2) is 74.6 Å². The lowest BCUT2D eigenvalue weighted by atomic mass is 9.72. The number of aromatic carboxylic acids is 1. The molecule has 3 aliphatic rings. The number of hydrogen-bond donors (Lipinski definition) is 8. The molecule has 0 radical (unpaired) electrons. The number of carboxylic acid groups (broad SMARTS) is 1. The summed E-state index contributed by atoms with van der Waals surface area (Å²) in [7, 11) is -14.3. The van der Waals surface area contributed by atoms with Crippen LogP contribution in [-0.2, 0) is 77.7 Å². The van der Waals surface area contributed by atoms with Gasteiger partial charge in [0.2, 0.25) is 11.8 Å². The lowest BCUT2D eigenvalue weighted by Gasteiger charge is -2.37. The van der Waals surface area contributed by atoms with Gasteiger partial charge in [-0.2, -0.15) is 8.62 Å². The molecule has 3 heterocycles. The molecule has 8 N–H and O–H groups in total. The normalized spacial score (nSPS) is 20.3. The molecule has 2 aliphatic heterocycles. The number of rotatable bonds is 37. The molecule has 6 rings (SSSR count). The SMILES string of the molecule is CCCc1cc2c(cc1C)C(c1ccc(CC(=O)NCCOCCOCCOCCOCCC(=O)NCC(C)(C)SSCOC3C[C@H](n4cc(C)c(=O)[nH]c4=O)O[C@@H]3COP(=O)(O)OP(=O)(O)OP(=O)(O)O)cc1C(=O)O)C1C=C(C)C(=NCC)C=C1O2. The van der Waals surface area contributed by atoms with Gasteiger partial charge < -0.3 is 68.5 Å². The first-order chi connectivity index (χ1) is 41.6. The molecule has 0 spiro atoms. The second-order valence-corrected chi connectivity index (χ2v) is 28.5. The van der Waals surface area contributed by atoms with Gasteiger partial charge in [0.1, 0.15) is 29.8 Å². The molecular formula is C55H78N5O23P3S2. The number of benzene rings is 2. The van der Waals surface area contributed by atoms with E-state index in [0.29, 0.717) is 43.2 Å². The summed E-state index contributed by atoms with van der Waals surface area (Å²) in [5.74, 6) is -0.796. The number of H-pyrrole nitrogens is 1. The topological polar surface area (TPSA) is 387 Å². The maximum absolute atomic E-state index is 13.0. The average molecular weight is 1330 g/mol. The highest BCUT2D eigenvalue weighted by Crippen LogP contribution is 2.66. The molecule has 488 valence electrons. The predicted octanol–water partition coefficient (Wildman–Crippen LogP) is 6.31. The van der Waals surface area contributed by atoms with Crippen molar-refractivity contribution < 1.29 is 99.1 Å². The van der Waals surface area contributed by atoms with Crippen LogP contribution in [0.25, 0.3) is 0 Å². The lowest BCUT2D eigenvalue weighted by Crippen LogP contribution is -2.36. The van der Waals surface area contributed by atoms with E-state index in [1.807, 2.05) is 45.9 Å².